The van der Waals surface area contributed by atoms with Crippen molar-refractivity contribution in [3.63, 3.8) is 0 Å². The Morgan fingerprint density at radius 2 is 1.60 bits per heavy atom. The van der Waals surface area contributed by atoms with Gasteiger partial charge in [-0.3, -0.25) is 5.32 Å². The smallest absolute Gasteiger partial charge is 0.275 e. The van der Waals surface area contributed by atoms with Gasteiger partial charge in [0.15, 0.2) is 0 Å². The number of urea groups is 1. The number of hydrogen-bond donors (Lipinski definition) is 2. The molecule has 0 unspecified atom stereocenters. The van der Waals surface area contributed by atoms with Crippen LogP contribution in [0.25, 0.3) is 10.8 Å². The molecule has 25 heavy (non-hydrogen) atoms. The lowest BCUT2D eigenvalue weighted by molar-refractivity contribution is 0.256. The largest absolute Gasteiger partial charge is 0.335 e. The van der Waals surface area contributed by atoms with Crippen molar-refractivity contribution in [3.05, 3.63) is 59.9 Å². The standard InChI is InChI=1S/C17H16N4O3S/c1-11-10-12(2)19-16(18-11)20-17(22)21-25(23,24)15-9-5-7-13-6-3-4-8-14(13)15/h3-10H,1-2H3,(H2,18,19,20,21,22). The molecule has 0 aliphatic rings. The Labute approximate surface area is 145 Å². The van der Waals surface area contributed by atoms with Crippen molar-refractivity contribution in [1.82, 2.24) is 14.7 Å². The normalized spacial score (nSPS) is 11.3. The third-order valence-corrected chi connectivity index (χ3v) is 4.86. The minimum Gasteiger partial charge on any atom is -0.275 e. The van der Waals surface area contributed by atoms with Crippen LogP contribution in [0.2, 0.25) is 0 Å². The van der Waals surface area contributed by atoms with Crippen LogP contribution in [0, 0.1) is 13.8 Å². The van der Waals surface area contributed by atoms with E-state index in [2.05, 4.69) is 15.3 Å². The van der Waals surface area contributed by atoms with Gasteiger partial charge in [0.2, 0.25) is 5.95 Å². The summed E-state index contributed by atoms with van der Waals surface area (Å²) < 4.78 is 27.1. The summed E-state index contributed by atoms with van der Waals surface area (Å²) in [5, 5.41) is 3.65. The first kappa shape index (κ1) is 16.8. The van der Waals surface area contributed by atoms with Gasteiger partial charge in [0, 0.05) is 16.8 Å². The Balaban J connectivity index is 1.86. The number of anilines is 1. The molecule has 128 valence electrons. The lowest BCUT2D eigenvalue weighted by atomic mass is 10.1. The Kier molecular flexibility index (Phi) is 4.37. The third kappa shape index (κ3) is 3.74. The number of aromatic nitrogens is 2. The van der Waals surface area contributed by atoms with Crippen LogP contribution in [0.3, 0.4) is 0 Å². The van der Waals surface area contributed by atoms with Crippen molar-refractivity contribution in [2.45, 2.75) is 18.7 Å². The zero-order valence-electron chi connectivity index (χ0n) is 13.6. The number of hydrogen-bond acceptors (Lipinski definition) is 5. The molecule has 2 N–H and O–H groups in total. The van der Waals surface area contributed by atoms with E-state index in [1.54, 1.807) is 50.2 Å². The van der Waals surface area contributed by atoms with E-state index in [0.29, 0.717) is 16.8 Å². The molecule has 1 aromatic heterocycles. The van der Waals surface area contributed by atoms with Gasteiger partial charge in [0.1, 0.15) is 0 Å². The van der Waals surface area contributed by atoms with Crippen LogP contribution in [0.15, 0.2) is 53.4 Å². The number of nitrogens with one attached hydrogen (secondary N) is 2. The van der Waals surface area contributed by atoms with E-state index >= 15 is 0 Å². The second kappa shape index (κ2) is 6.48. The molecule has 0 aliphatic carbocycles. The maximum atomic E-state index is 12.6. The van der Waals surface area contributed by atoms with Crippen molar-refractivity contribution in [1.29, 1.82) is 0 Å². The second-order valence-corrected chi connectivity index (χ2v) is 7.16. The summed E-state index contributed by atoms with van der Waals surface area (Å²) in [6.07, 6.45) is 0. The number of amides is 2. The van der Waals surface area contributed by atoms with E-state index < -0.39 is 16.1 Å². The summed E-state index contributed by atoms with van der Waals surface area (Å²) in [4.78, 5) is 20.2. The van der Waals surface area contributed by atoms with Gasteiger partial charge in [-0.15, -0.1) is 0 Å². The number of sulfonamides is 1. The molecule has 0 fully saturated rings. The first-order valence-corrected chi connectivity index (χ1v) is 8.97. The second-order valence-electron chi connectivity index (χ2n) is 5.51. The van der Waals surface area contributed by atoms with Crippen molar-refractivity contribution < 1.29 is 13.2 Å². The Hall–Kier alpha value is -3.00. The van der Waals surface area contributed by atoms with E-state index in [4.69, 9.17) is 0 Å². The first-order chi connectivity index (χ1) is 11.8. The van der Waals surface area contributed by atoms with E-state index in [9.17, 15) is 13.2 Å². The van der Waals surface area contributed by atoms with E-state index in [1.165, 1.54) is 6.07 Å². The highest BCUT2D eigenvalue weighted by molar-refractivity contribution is 7.90. The van der Waals surface area contributed by atoms with Crippen LogP contribution in [0.1, 0.15) is 11.4 Å². The van der Waals surface area contributed by atoms with Gasteiger partial charge in [-0.2, -0.15) is 0 Å². The predicted molar refractivity (Wildman–Crippen MR) is 94.8 cm³/mol. The van der Waals surface area contributed by atoms with Crippen LogP contribution in [-0.4, -0.2) is 24.4 Å². The van der Waals surface area contributed by atoms with Gasteiger partial charge < -0.3 is 0 Å². The minimum atomic E-state index is -4.04. The number of aryl methyl sites for hydroxylation is 2. The molecule has 0 radical (unpaired) electrons. The Bertz CT molecular complexity index is 1040. The van der Waals surface area contributed by atoms with Gasteiger partial charge in [0.05, 0.1) is 4.90 Å². The van der Waals surface area contributed by atoms with E-state index in [-0.39, 0.29) is 10.8 Å². The SMILES string of the molecule is Cc1cc(C)nc(NC(=O)NS(=O)(=O)c2cccc3ccccc23)n1. The summed E-state index contributed by atoms with van der Waals surface area (Å²) >= 11 is 0. The molecule has 3 aromatic rings. The molecule has 0 spiro atoms. The van der Waals surface area contributed by atoms with Crippen LogP contribution in [0.5, 0.6) is 0 Å². The molecule has 8 heteroatoms. The molecule has 2 aromatic carbocycles. The summed E-state index contributed by atoms with van der Waals surface area (Å²) in [5.41, 5.74) is 1.33. The molecular formula is C17H16N4O3S. The quantitative estimate of drug-likeness (QED) is 0.751. The van der Waals surface area contributed by atoms with Crippen molar-refractivity contribution in [2.24, 2.45) is 0 Å². The monoisotopic (exact) mass is 356 g/mol. The number of carbonyl (C=O) groups excluding carboxylic acids is 1. The average molecular weight is 356 g/mol. The van der Waals surface area contributed by atoms with Gasteiger partial charge in [-0.1, -0.05) is 36.4 Å². The molecule has 0 aliphatic heterocycles. The van der Waals surface area contributed by atoms with Crippen LogP contribution >= 0.6 is 0 Å². The fourth-order valence-electron chi connectivity index (χ4n) is 2.52. The van der Waals surface area contributed by atoms with Crippen molar-refractivity contribution in [2.75, 3.05) is 5.32 Å². The fraction of sp³-hybridized carbons (Fsp3) is 0.118. The number of fused-ring (bicyclic) bond motifs is 1. The predicted octanol–water partition coefficient (Wildman–Crippen LogP) is 2.76. The third-order valence-electron chi connectivity index (χ3n) is 3.47. The molecule has 0 atom stereocenters. The van der Waals surface area contributed by atoms with Crippen molar-refractivity contribution in [3.8, 4) is 0 Å². The lowest BCUT2D eigenvalue weighted by Gasteiger charge is -2.10. The number of carbonyl (C=O) groups is 1. The summed E-state index contributed by atoms with van der Waals surface area (Å²) in [6, 6.07) is 12.8. The molecule has 3 rings (SSSR count). The van der Waals surface area contributed by atoms with Crippen molar-refractivity contribution >= 4 is 32.8 Å². The highest BCUT2D eigenvalue weighted by atomic mass is 32.2. The maximum absolute atomic E-state index is 12.6. The number of benzene rings is 2. The average Bonchev–Trinajstić information content (AvgIpc) is 2.52. The zero-order valence-corrected chi connectivity index (χ0v) is 14.5. The molecule has 7 nitrogen and oxygen atoms in total. The maximum Gasteiger partial charge on any atom is 0.335 e. The molecule has 0 saturated heterocycles. The molecule has 0 saturated carbocycles. The molecular weight excluding hydrogens is 340 g/mol. The molecule has 2 amide bonds. The topological polar surface area (TPSA) is 101 Å². The van der Waals surface area contributed by atoms with Crippen LogP contribution in [-0.2, 0) is 10.0 Å². The highest BCUT2D eigenvalue weighted by Crippen LogP contribution is 2.22. The Morgan fingerprint density at radius 3 is 2.32 bits per heavy atom. The number of nitrogens with zero attached hydrogens (tertiary/aromatic N) is 2. The van der Waals surface area contributed by atoms with E-state index in [0.717, 1.165) is 5.39 Å². The highest BCUT2D eigenvalue weighted by Gasteiger charge is 2.20. The van der Waals surface area contributed by atoms with Gasteiger partial charge in [0.25, 0.3) is 10.0 Å². The van der Waals surface area contributed by atoms with Gasteiger partial charge >= 0.3 is 6.03 Å². The summed E-state index contributed by atoms with van der Waals surface area (Å²) in [5.74, 6) is 0.0446. The summed E-state index contributed by atoms with van der Waals surface area (Å²) in [6.45, 7) is 3.51. The Morgan fingerprint density at radius 1 is 0.960 bits per heavy atom. The van der Waals surface area contributed by atoms with E-state index in [1.807, 2.05) is 10.8 Å². The number of rotatable bonds is 3. The molecule has 1 heterocycles. The van der Waals surface area contributed by atoms with Gasteiger partial charge in [-0.25, -0.2) is 27.9 Å². The fourth-order valence-corrected chi connectivity index (χ4v) is 3.65. The minimum absolute atomic E-state index is 0.0297. The van der Waals surface area contributed by atoms with Gasteiger partial charge in [-0.05, 0) is 31.4 Å². The van der Waals surface area contributed by atoms with Crippen LogP contribution < -0.4 is 10.0 Å². The van der Waals surface area contributed by atoms with Crippen LogP contribution in [0.4, 0.5) is 10.7 Å². The first-order valence-electron chi connectivity index (χ1n) is 7.49. The molecule has 0 bridgehead atoms. The zero-order chi connectivity index (χ0) is 18.0. The lowest BCUT2D eigenvalue weighted by Crippen LogP contribution is -2.35. The summed E-state index contributed by atoms with van der Waals surface area (Å²) in [7, 11) is -4.04.